The SMILES string of the molecule is CNC(Cc1ccc(Br)cc1)Cc1ccc(F)cc1Cl. The molecule has 0 fully saturated rings. The molecule has 0 radical (unpaired) electrons. The molecule has 0 heterocycles. The maximum Gasteiger partial charge on any atom is 0.124 e. The molecule has 0 aliphatic carbocycles. The standard InChI is InChI=1S/C16H16BrClFN/c1-20-15(8-11-2-5-13(17)6-3-11)9-12-4-7-14(19)10-16(12)18/h2-7,10,15,20H,8-9H2,1H3. The van der Waals surface area contributed by atoms with Crippen LogP contribution in [-0.4, -0.2) is 13.1 Å². The molecular weight excluding hydrogens is 341 g/mol. The maximum absolute atomic E-state index is 13.0. The van der Waals surface area contributed by atoms with Crippen molar-refractivity contribution >= 4 is 27.5 Å². The Morgan fingerprint density at radius 2 is 1.85 bits per heavy atom. The molecule has 1 nitrogen and oxygen atoms in total. The van der Waals surface area contributed by atoms with Crippen LogP contribution in [-0.2, 0) is 12.8 Å². The molecular formula is C16H16BrClFN. The van der Waals surface area contributed by atoms with E-state index in [2.05, 4.69) is 33.4 Å². The quantitative estimate of drug-likeness (QED) is 0.824. The van der Waals surface area contributed by atoms with Crippen molar-refractivity contribution in [3.63, 3.8) is 0 Å². The van der Waals surface area contributed by atoms with Crippen LogP contribution in [0, 0.1) is 5.82 Å². The first-order valence-corrected chi connectivity index (χ1v) is 7.61. The molecule has 1 unspecified atom stereocenters. The third kappa shape index (κ3) is 4.30. The predicted octanol–water partition coefficient (Wildman–Crippen LogP) is 4.61. The topological polar surface area (TPSA) is 12.0 Å². The Morgan fingerprint density at radius 3 is 2.45 bits per heavy atom. The number of likely N-dealkylation sites (N-methyl/N-ethyl adjacent to an activating group) is 1. The van der Waals surface area contributed by atoms with Crippen molar-refractivity contribution in [2.24, 2.45) is 0 Å². The molecule has 0 aliphatic rings. The highest BCUT2D eigenvalue weighted by Crippen LogP contribution is 2.20. The molecule has 4 heteroatoms. The van der Waals surface area contributed by atoms with E-state index in [0.29, 0.717) is 5.02 Å². The van der Waals surface area contributed by atoms with Crippen molar-refractivity contribution in [2.45, 2.75) is 18.9 Å². The molecule has 0 bridgehead atoms. The molecule has 0 aliphatic heterocycles. The van der Waals surface area contributed by atoms with E-state index in [0.717, 1.165) is 22.9 Å². The molecule has 2 aromatic carbocycles. The summed E-state index contributed by atoms with van der Waals surface area (Å²) >= 11 is 9.51. The predicted molar refractivity (Wildman–Crippen MR) is 85.8 cm³/mol. The second-order valence-corrected chi connectivity index (χ2v) is 6.08. The van der Waals surface area contributed by atoms with Crippen LogP contribution < -0.4 is 5.32 Å². The number of benzene rings is 2. The average molecular weight is 357 g/mol. The third-order valence-corrected chi connectivity index (χ3v) is 4.17. The van der Waals surface area contributed by atoms with Gasteiger partial charge in [0.05, 0.1) is 0 Å². The fourth-order valence-corrected chi connectivity index (χ4v) is 2.64. The van der Waals surface area contributed by atoms with Crippen LogP contribution in [0.25, 0.3) is 0 Å². The fourth-order valence-electron chi connectivity index (χ4n) is 2.13. The third-order valence-electron chi connectivity index (χ3n) is 3.29. The largest absolute Gasteiger partial charge is 0.316 e. The monoisotopic (exact) mass is 355 g/mol. The number of rotatable bonds is 5. The van der Waals surface area contributed by atoms with E-state index in [1.165, 1.54) is 17.7 Å². The van der Waals surface area contributed by atoms with Crippen LogP contribution in [0.1, 0.15) is 11.1 Å². The Labute approximate surface area is 132 Å². The zero-order chi connectivity index (χ0) is 14.5. The van der Waals surface area contributed by atoms with Crippen molar-refractivity contribution in [3.8, 4) is 0 Å². The van der Waals surface area contributed by atoms with Gasteiger partial charge in [-0.15, -0.1) is 0 Å². The van der Waals surface area contributed by atoms with Gasteiger partial charge >= 0.3 is 0 Å². The number of hydrogen-bond donors (Lipinski definition) is 1. The number of hydrogen-bond acceptors (Lipinski definition) is 1. The molecule has 1 atom stereocenters. The summed E-state index contributed by atoms with van der Waals surface area (Å²) in [7, 11) is 1.93. The molecule has 0 amide bonds. The Morgan fingerprint density at radius 1 is 1.15 bits per heavy atom. The molecule has 1 N–H and O–H groups in total. The highest BCUT2D eigenvalue weighted by Gasteiger charge is 2.11. The van der Waals surface area contributed by atoms with Crippen molar-refractivity contribution in [1.29, 1.82) is 0 Å². The second-order valence-electron chi connectivity index (χ2n) is 4.76. The molecule has 0 saturated carbocycles. The Balaban J connectivity index is 2.07. The second kappa shape index (κ2) is 7.21. The van der Waals surface area contributed by atoms with E-state index in [-0.39, 0.29) is 11.9 Å². The lowest BCUT2D eigenvalue weighted by atomic mass is 9.99. The summed E-state index contributed by atoms with van der Waals surface area (Å²) in [4.78, 5) is 0. The summed E-state index contributed by atoms with van der Waals surface area (Å²) in [6.45, 7) is 0. The lowest BCUT2D eigenvalue weighted by Crippen LogP contribution is -2.30. The van der Waals surface area contributed by atoms with Gasteiger partial charge in [0.15, 0.2) is 0 Å². The first-order chi connectivity index (χ1) is 9.58. The van der Waals surface area contributed by atoms with Crippen molar-refractivity contribution in [3.05, 3.63) is 68.9 Å². The maximum atomic E-state index is 13.0. The van der Waals surface area contributed by atoms with E-state index in [9.17, 15) is 4.39 Å². The number of nitrogens with one attached hydrogen (secondary N) is 1. The molecule has 2 rings (SSSR count). The molecule has 106 valence electrons. The van der Waals surface area contributed by atoms with E-state index in [1.807, 2.05) is 19.2 Å². The molecule has 20 heavy (non-hydrogen) atoms. The minimum Gasteiger partial charge on any atom is -0.316 e. The lowest BCUT2D eigenvalue weighted by Gasteiger charge is -2.17. The van der Waals surface area contributed by atoms with E-state index in [4.69, 9.17) is 11.6 Å². The minimum absolute atomic E-state index is 0.263. The molecule has 0 spiro atoms. The van der Waals surface area contributed by atoms with Crippen molar-refractivity contribution in [1.82, 2.24) is 5.32 Å². The molecule has 0 saturated heterocycles. The van der Waals surface area contributed by atoms with Gasteiger partial charge in [-0.2, -0.15) is 0 Å². The van der Waals surface area contributed by atoms with E-state index < -0.39 is 0 Å². The van der Waals surface area contributed by atoms with E-state index in [1.54, 1.807) is 6.07 Å². The Hall–Kier alpha value is -0.900. The van der Waals surface area contributed by atoms with Gasteiger partial charge in [-0.3, -0.25) is 0 Å². The summed E-state index contributed by atoms with van der Waals surface area (Å²) in [5, 5.41) is 3.78. The summed E-state index contributed by atoms with van der Waals surface area (Å²) in [5.41, 5.74) is 2.22. The molecule has 0 aromatic heterocycles. The minimum atomic E-state index is -0.298. The van der Waals surface area contributed by atoms with Crippen molar-refractivity contribution < 1.29 is 4.39 Å². The highest BCUT2D eigenvalue weighted by molar-refractivity contribution is 9.10. The average Bonchev–Trinajstić information content (AvgIpc) is 2.43. The summed E-state index contributed by atoms with van der Waals surface area (Å²) in [6.07, 6.45) is 1.67. The zero-order valence-electron chi connectivity index (χ0n) is 11.2. The summed E-state index contributed by atoms with van der Waals surface area (Å²) in [6, 6.07) is 13.1. The Bertz CT molecular complexity index is 571. The van der Waals surface area contributed by atoms with Crippen molar-refractivity contribution in [2.75, 3.05) is 7.05 Å². The Kier molecular flexibility index (Phi) is 5.58. The van der Waals surface area contributed by atoms with Gasteiger partial charge in [-0.05, 0) is 55.3 Å². The smallest absolute Gasteiger partial charge is 0.124 e. The van der Waals surface area contributed by atoms with Crippen LogP contribution in [0.2, 0.25) is 5.02 Å². The van der Waals surface area contributed by atoms with Crippen LogP contribution >= 0.6 is 27.5 Å². The van der Waals surface area contributed by atoms with Gasteiger partial charge in [-0.1, -0.05) is 45.7 Å². The van der Waals surface area contributed by atoms with E-state index >= 15 is 0 Å². The summed E-state index contributed by atoms with van der Waals surface area (Å²) in [5.74, 6) is -0.298. The van der Waals surface area contributed by atoms with Gasteiger partial charge in [0, 0.05) is 15.5 Å². The number of halogens is 3. The van der Waals surface area contributed by atoms with Gasteiger partial charge in [0.2, 0.25) is 0 Å². The van der Waals surface area contributed by atoms with Crippen LogP contribution in [0.5, 0.6) is 0 Å². The fraction of sp³-hybridized carbons (Fsp3) is 0.250. The van der Waals surface area contributed by atoms with Crippen LogP contribution in [0.4, 0.5) is 4.39 Å². The summed E-state index contributed by atoms with van der Waals surface area (Å²) < 4.78 is 14.1. The van der Waals surface area contributed by atoms with Gasteiger partial charge in [0.25, 0.3) is 0 Å². The van der Waals surface area contributed by atoms with Gasteiger partial charge in [0.1, 0.15) is 5.82 Å². The van der Waals surface area contributed by atoms with Gasteiger partial charge < -0.3 is 5.32 Å². The van der Waals surface area contributed by atoms with Gasteiger partial charge in [-0.25, -0.2) is 4.39 Å². The first kappa shape index (κ1) is 15.5. The normalized spacial score (nSPS) is 12.4. The lowest BCUT2D eigenvalue weighted by molar-refractivity contribution is 0.555. The zero-order valence-corrected chi connectivity index (χ0v) is 13.5. The van der Waals surface area contributed by atoms with Crippen LogP contribution in [0.15, 0.2) is 46.9 Å². The molecule has 2 aromatic rings. The highest BCUT2D eigenvalue weighted by atomic mass is 79.9. The van der Waals surface area contributed by atoms with Crippen LogP contribution in [0.3, 0.4) is 0 Å². The first-order valence-electron chi connectivity index (χ1n) is 6.44.